The Balaban J connectivity index is 2.29. The smallest absolute Gasteiger partial charge is 0.287 e. The van der Waals surface area contributed by atoms with Gasteiger partial charge in [-0.3, -0.25) is 9.59 Å². The van der Waals surface area contributed by atoms with Crippen LogP contribution in [-0.2, 0) is 16.1 Å². The summed E-state index contributed by atoms with van der Waals surface area (Å²) in [5.74, 6) is -1.11. The molecule has 2 aromatic rings. The third-order valence-electron chi connectivity index (χ3n) is 2.61. The van der Waals surface area contributed by atoms with Gasteiger partial charge in [-0.2, -0.15) is 5.10 Å². The molecule has 2 rings (SSSR count). The average Bonchev–Trinajstić information content (AvgIpc) is 2.69. The van der Waals surface area contributed by atoms with Crippen LogP contribution in [0.15, 0.2) is 12.3 Å². The number of aryl methyl sites for hydroxylation is 2. The summed E-state index contributed by atoms with van der Waals surface area (Å²) in [5, 5.41) is 6.73. The van der Waals surface area contributed by atoms with Gasteiger partial charge in [-0.1, -0.05) is 0 Å². The Morgan fingerprint density at radius 1 is 1.39 bits per heavy atom. The third kappa shape index (κ3) is 2.22. The van der Waals surface area contributed by atoms with Gasteiger partial charge < -0.3 is 5.32 Å². The van der Waals surface area contributed by atoms with Crippen molar-refractivity contribution in [2.75, 3.05) is 0 Å². The van der Waals surface area contributed by atoms with Gasteiger partial charge >= 0.3 is 0 Å². The first kappa shape index (κ1) is 12.2. The normalized spacial score (nSPS) is 10.6. The summed E-state index contributed by atoms with van der Waals surface area (Å²) in [4.78, 5) is 26.4. The van der Waals surface area contributed by atoms with Crippen LogP contribution in [-0.4, -0.2) is 26.3 Å². The Kier molecular flexibility index (Phi) is 3.10. The van der Waals surface area contributed by atoms with E-state index in [1.54, 1.807) is 10.7 Å². The van der Waals surface area contributed by atoms with E-state index in [-0.39, 0.29) is 6.54 Å². The van der Waals surface area contributed by atoms with Crippen LogP contribution in [0.2, 0.25) is 0 Å². The number of fused-ring (bicyclic) bond motifs is 1. The average molecular weight is 246 g/mol. The molecule has 0 fully saturated rings. The van der Waals surface area contributed by atoms with Gasteiger partial charge in [-0.25, -0.2) is 9.50 Å². The summed E-state index contributed by atoms with van der Waals surface area (Å²) in [6.07, 6.45) is 1.65. The summed E-state index contributed by atoms with van der Waals surface area (Å²) in [6, 6.07) is 1.93. The fraction of sp³-hybridized carbons (Fsp3) is 0.333. The quantitative estimate of drug-likeness (QED) is 0.802. The molecule has 0 unspecified atom stereocenters. The Labute approximate surface area is 104 Å². The SMILES string of the molecule is CC(=O)C(=O)NCc1cnn2c(C)cc(C)nc12. The molecule has 0 bridgehead atoms. The zero-order valence-corrected chi connectivity index (χ0v) is 10.5. The number of nitrogens with zero attached hydrogens (tertiary/aromatic N) is 3. The molecule has 0 saturated heterocycles. The molecule has 94 valence electrons. The largest absolute Gasteiger partial charge is 0.345 e. The molecule has 6 nitrogen and oxygen atoms in total. The van der Waals surface area contributed by atoms with Crippen LogP contribution in [0.25, 0.3) is 5.65 Å². The molecule has 2 heterocycles. The molecule has 0 spiro atoms. The predicted octanol–water partition coefficient (Wildman–Crippen LogP) is 0.551. The second-order valence-corrected chi connectivity index (χ2v) is 4.18. The first-order chi connectivity index (χ1) is 8.49. The second kappa shape index (κ2) is 4.56. The molecule has 0 radical (unpaired) electrons. The number of aromatic nitrogens is 3. The van der Waals surface area contributed by atoms with Crippen LogP contribution in [0.1, 0.15) is 23.9 Å². The van der Waals surface area contributed by atoms with E-state index >= 15 is 0 Å². The Morgan fingerprint density at radius 2 is 2.11 bits per heavy atom. The zero-order chi connectivity index (χ0) is 13.3. The number of nitrogens with one attached hydrogen (secondary N) is 1. The predicted molar refractivity (Wildman–Crippen MR) is 65.0 cm³/mol. The van der Waals surface area contributed by atoms with Gasteiger partial charge in [-0.15, -0.1) is 0 Å². The van der Waals surface area contributed by atoms with Crippen molar-refractivity contribution < 1.29 is 9.59 Å². The molecule has 2 aromatic heterocycles. The summed E-state index contributed by atoms with van der Waals surface area (Å²) in [6.45, 7) is 5.32. The van der Waals surface area contributed by atoms with Gasteiger partial charge in [0.15, 0.2) is 5.65 Å². The summed E-state index contributed by atoms with van der Waals surface area (Å²) in [7, 11) is 0. The highest BCUT2D eigenvalue weighted by molar-refractivity contribution is 6.35. The van der Waals surface area contributed by atoms with Crippen molar-refractivity contribution in [1.29, 1.82) is 0 Å². The number of Topliss-reactive ketones (excluding diaryl/α,β-unsaturated/α-hetero) is 1. The minimum atomic E-state index is -0.598. The minimum Gasteiger partial charge on any atom is -0.345 e. The molecule has 0 aromatic carbocycles. The monoisotopic (exact) mass is 246 g/mol. The molecule has 0 atom stereocenters. The van der Waals surface area contributed by atoms with E-state index in [1.165, 1.54) is 6.92 Å². The molecule has 0 saturated carbocycles. The third-order valence-corrected chi connectivity index (χ3v) is 2.61. The lowest BCUT2D eigenvalue weighted by molar-refractivity contribution is -0.136. The highest BCUT2D eigenvalue weighted by Gasteiger charge is 2.11. The standard InChI is InChI=1S/C12H14N4O2/c1-7-4-8(2)16-11(15-7)10(6-14-16)5-13-12(18)9(3)17/h4,6H,5H2,1-3H3,(H,13,18). The molecular weight excluding hydrogens is 232 g/mol. The van der Waals surface area contributed by atoms with Crippen LogP contribution < -0.4 is 5.32 Å². The van der Waals surface area contributed by atoms with E-state index in [4.69, 9.17) is 0 Å². The van der Waals surface area contributed by atoms with E-state index in [1.807, 2.05) is 19.9 Å². The van der Waals surface area contributed by atoms with E-state index in [9.17, 15) is 9.59 Å². The van der Waals surface area contributed by atoms with Crippen LogP contribution in [0.3, 0.4) is 0 Å². The van der Waals surface area contributed by atoms with Crippen molar-refractivity contribution in [1.82, 2.24) is 19.9 Å². The van der Waals surface area contributed by atoms with Gasteiger partial charge in [0.1, 0.15) is 0 Å². The molecule has 1 amide bonds. The number of rotatable bonds is 3. The number of ketones is 1. The zero-order valence-electron chi connectivity index (χ0n) is 10.5. The Bertz CT molecular complexity index is 630. The number of carbonyl (C=O) groups excluding carboxylic acids is 2. The van der Waals surface area contributed by atoms with Gasteiger partial charge in [0.05, 0.1) is 6.20 Å². The first-order valence-electron chi connectivity index (χ1n) is 5.58. The van der Waals surface area contributed by atoms with Gasteiger partial charge in [0.2, 0.25) is 5.78 Å². The minimum absolute atomic E-state index is 0.248. The lowest BCUT2D eigenvalue weighted by Crippen LogP contribution is -2.28. The number of hydrogen-bond acceptors (Lipinski definition) is 4. The van der Waals surface area contributed by atoms with Crippen LogP contribution in [0, 0.1) is 13.8 Å². The maximum Gasteiger partial charge on any atom is 0.287 e. The van der Waals surface area contributed by atoms with Gasteiger partial charge in [-0.05, 0) is 19.9 Å². The number of hydrogen-bond donors (Lipinski definition) is 1. The molecule has 1 N–H and O–H groups in total. The summed E-state index contributed by atoms with van der Waals surface area (Å²) in [5.41, 5.74) is 3.36. The van der Waals surface area contributed by atoms with Gasteiger partial charge in [0, 0.05) is 30.4 Å². The lowest BCUT2D eigenvalue weighted by Gasteiger charge is -2.03. The molecule has 0 aliphatic heterocycles. The van der Waals surface area contributed by atoms with Crippen LogP contribution in [0.5, 0.6) is 0 Å². The number of carbonyl (C=O) groups is 2. The summed E-state index contributed by atoms with van der Waals surface area (Å²) >= 11 is 0. The lowest BCUT2D eigenvalue weighted by atomic mass is 10.3. The maximum atomic E-state index is 11.2. The molecule has 0 aliphatic rings. The fourth-order valence-corrected chi connectivity index (χ4v) is 1.74. The van der Waals surface area contributed by atoms with E-state index in [0.717, 1.165) is 17.0 Å². The van der Waals surface area contributed by atoms with E-state index in [2.05, 4.69) is 15.4 Å². The van der Waals surface area contributed by atoms with Crippen molar-refractivity contribution in [3.05, 3.63) is 29.2 Å². The van der Waals surface area contributed by atoms with Gasteiger partial charge in [0.25, 0.3) is 5.91 Å². The molecular formula is C12H14N4O2. The van der Waals surface area contributed by atoms with Crippen molar-refractivity contribution in [2.45, 2.75) is 27.3 Å². The van der Waals surface area contributed by atoms with E-state index in [0.29, 0.717) is 5.65 Å². The highest BCUT2D eigenvalue weighted by Crippen LogP contribution is 2.11. The van der Waals surface area contributed by atoms with Crippen molar-refractivity contribution in [2.24, 2.45) is 0 Å². The molecule has 0 aliphatic carbocycles. The summed E-state index contributed by atoms with van der Waals surface area (Å²) < 4.78 is 1.71. The van der Waals surface area contributed by atoms with Crippen molar-refractivity contribution in [3.8, 4) is 0 Å². The topological polar surface area (TPSA) is 76.4 Å². The van der Waals surface area contributed by atoms with Crippen LogP contribution >= 0.6 is 0 Å². The second-order valence-electron chi connectivity index (χ2n) is 4.18. The Hall–Kier alpha value is -2.24. The Morgan fingerprint density at radius 3 is 2.78 bits per heavy atom. The highest BCUT2D eigenvalue weighted by atomic mass is 16.2. The number of amides is 1. The fourth-order valence-electron chi connectivity index (χ4n) is 1.74. The first-order valence-corrected chi connectivity index (χ1v) is 5.58. The van der Waals surface area contributed by atoms with Crippen molar-refractivity contribution in [3.63, 3.8) is 0 Å². The van der Waals surface area contributed by atoms with Crippen LogP contribution in [0.4, 0.5) is 0 Å². The van der Waals surface area contributed by atoms with Crippen molar-refractivity contribution >= 4 is 17.3 Å². The molecule has 18 heavy (non-hydrogen) atoms. The molecule has 6 heteroatoms. The van der Waals surface area contributed by atoms with E-state index < -0.39 is 11.7 Å². The maximum absolute atomic E-state index is 11.2.